The number of nitrogens with zero attached hydrogens (tertiary/aromatic N) is 2. The summed E-state index contributed by atoms with van der Waals surface area (Å²) in [6, 6.07) is 10.8. The predicted octanol–water partition coefficient (Wildman–Crippen LogP) is 4.17. The first-order chi connectivity index (χ1) is 12.7. The van der Waals surface area contributed by atoms with Crippen LogP contribution in [0.15, 0.2) is 35.3 Å². The molecule has 0 heterocycles. The molecule has 1 atom stereocenters. The summed E-state index contributed by atoms with van der Waals surface area (Å²) in [6.07, 6.45) is 3.40. The predicted molar refractivity (Wildman–Crippen MR) is 131 cm³/mol. The van der Waals surface area contributed by atoms with Gasteiger partial charge in [0.25, 0.3) is 0 Å². The molecule has 0 radical (unpaired) electrons. The topological polar surface area (TPSA) is 51.7 Å². The average molecular weight is 489 g/mol. The van der Waals surface area contributed by atoms with E-state index in [-0.39, 0.29) is 24.0 Å². The monoisotopic (exact) mass is 489 g/mol. The minimum Gasteiger partial charge on any atom is -0.385 e. The van der Waals surface area contributed by atoms with Crippen molar-refractivity contribution in [2.24, 2.45) is 4.99 Å². The summed E-state index contributed by atoms with van der Waals surface area (Å²) in [5, 5.41) is 10.3. The second kappa shape index (κ2) is 17.1. The molecule has 3 N–H and O–H groups in total. The maximum atomic E-state index is 4.70. The number of halogens is 1. The highest BCUT2D eigenvalue weighted by atomic mass is 127. The van der Waals surface area contributed by atoms with E-state index in [4.69, 9.17) is 4.99 Å². The Morgan fingerprint density at radius 1 is 1.07 bits per heavy atom. The van der Waals surface area contributed by atoms with E-state index in [1.165, 1.54) is 18.7 Å². The van der Waals surface area contributed by atoms with Crippen molar-refractivity contribution in [1.29, 1.82) is 0 Å². The molecular formula is C21H40IN5. The molecule has 0 aliphatic carbocycles. The van der Waals surface area contributed by atoms with Gasteiger partial charge >= 0.3 is 0 Å². The van der Waals surface area contributed by atoms with Gasteiger partial charge in [0.2, 0.25) is 0 Å². The maximum Gasteiger partial charge on any atom is 0.191 e. The zero-order valence-electron chi connectivity index (χ0n) is 17.6. The van der Waals surface area contributed by atoms with Gasteiger partial charge < -0.3 is 20.9 Å². The van der Waals surface area contributed by atoms with Crippen molar-refractivity contribution in [3.05, 3.63) is 30.3 Å². The summed E-state index contributed by atoms with van der Waals surface area (Å²) in [4.78, 5) is 7.18. The largest absolute Gasteiger partial charge is 0.385 e. The quantitative estimate of drug-likeness (QED) is 0.169. The molecule has 5 nitrogen and oxygen atoms in total. The van der Waals surface area contributed by atoms with Crippen LogP contribution in [0.5, 0.6) is 0 Å². The molecule has 1 aromatic carbocycles. The fourth-order valence-corrected chi connectivity index (χ4v) is 2.85. The van der Waals surface area contributed by atoms with E-state index < -0.39 is 0 Å². The van der Waals surface area contributed by atoms with Crippen LogP contribution in [0, 0.1) is 0 Å². The first-order valence-corrected chi connectivity index (χ1v) is 10.3. The number of para-hydroxylation sites is 1. The van der Waals surface area contributed by atoms with Crippen LogP contribution in [0.3, 0.4) is 0 Å². The van der Waals surface area contributed by atoms with Crippen LogP contribution in [-0.4, -0.2) is 56.2 Å². The lowest BCUT2D eigenvalue weighted by Crippen LogP contribution is -2.42. The lowest BCUT2D eigenvalue weighted by atomic mass is 10.2. The van der Waals surface area contributed by atoms with Crippen molar-refractivity contribution in [3.8, 4) is 0 Å². The lowest BCUT2D eigenvalue weighted by molar-refractivity contribution is 0.292. The molecule has 0 saturated heterocycles. The smallest absolute Gasteiger partial charge is 0.191 e. The molecule has 1 unspecified atom stereocenters. The van der Waals surface area contributed by atoms with E-state index in [2.05, 4.69) is 72.8 Å². The van der Waals surface area contributed by atoms with Crippen molar-refractivity contribution in [3.63, 3.8) is 0 Å². The molecule has 0 aliphatic rings. The Balaban J connectivity index is 0.00000676. The van der Waals surface area contributed by atoms with Crippen LogP contribution in [-0.2, 0) is 0 Å². The van der Waals surface area contributed by atoms with Gasteiger partial charge in [-0.2, -0.15) is 0 Å². The van der Waals surface area contributed by atoms with Gasteiger partial charge in [0.05, 0.1) is 0 Å². The standard InChI is InChI=1S/C21H39N5.HI/c1-5-22-21(25-19(4)13-11-18-26(6-2)7-3)24-17-12-16-23-20-14-9-8-10-15-20;/h8-10,14-15,19,23H,5-7,11-13,16-18H2,1-4H3,(H2,22,24,25);1H. The lowest BCUT2D eigenvalue weighted by Gasteiger charge is -2.21. The zero-order chi connectivity index (χ0) is 19.0. The Kier molecular flexibility index (Phi) is 16.5. The van der Waals surface area contributed by atoms with Crippen molar-refractivity contribution in [2.75, 3.05) is 44.6 Å². The van der Waals surface area contributed by atoms with Gasteiger partial charge in [0.15, 0.2) is 5.96 Å². The Bertz CT molecular complexity index is 477. The van der Waals surface area contributed by atoms with Crippen LogP contribution in [0.2, 0.25) is 0 Å². The van der Waals surface area contributed by atoms with Gasteiger partial charge in [-0.25, -0.2) is 0 Å². The molecule has 0 amide bonds. The number of hydrogen-bond acceptors (Lipinski definition) is 3. The molecule has 1 rings (SSSR count). The normalized spacial score (nSPS) is 12.4. The molecule has 1 aromatic rings. The highest BCUT2D eigenvalue weighted by Crippen LogP contribution is 2.04. The molecule has 0 fully saturated rings. The maximum absolute atomic E-state index is 4.70. The van der Waals surface area contributed by atoms with Gasteiger partial charge in [-0.15, -0.1) is 24.0 Å². The molecular weight excluding hydrogens is 449 g/mol. The first kappa shape index (κ1) is 26.0. The SMILES string of the molecule is CCNC(=NCCCNc1ccccc1)NC(C)CCCN(CC)CC.I. The minimum atomic E-state index is 0. The van der Waals surface area contributed by atoms with Gasteiger partial charge in [0, 0.05) is 31.4 Å². The first-order valence-electron chi connectivity index (χ1n) is 10.3. The number of rotatable bonds is 13. The molecule has 0 aliphatic heterocycles. The molecule has 6 heteroatoms. The number of hydrogen-bond donors (Lipinski definition) is 3. The third kappa shape index (κ3) is 12.9. The molecule has 0 aromatic heterocycles. The number of anilines is 1. The van der Waals surface area contributed by atoms with E-state index in [1.54, 1.807) is 0 Å². The van der Waals surface area contributed by atoms with E-state index in [9.17, 15) is 0 Å². The van der Waals surface area contributed by atoms with Gasteiger partial charge in [-0.05, 0) is 64.9 Å². The number of nitrogens with one attached hydrogen (secondary N) is 3. The third-order valence-electron chi connectivity index (χ3n) is 4.44. The second-order valence-corrected chi connectivity index (χ2v) is 6.62. The molecule has 0 bridgehead atoms. The Hall–Kier alpha value is -1.02. The summed E-state index contributed by atoms with van der Waals surface area (Å²) in [6.45, 7) is 14.9. The number of guanidine groups is 1. The summed E-state index contributed by atoms with van der Waals surface area (Å²) in [7, 11) is 0. The van der Waals surface area contributed by atoms with Crippen LogP contribution >= 0.6 is 24.0 Å². The minimum absolute atomic E-state index is 0. The Labute approximate surface area is 183 Å². The average Bonchev–Trinajstić information content (AvgIpc) is 2.66. The zero-order valence-corrected chi connectivity index (χ0v) is 20.0. The summed E-state index contributed by atoms with van der Waals surface area (Å²) in [5.41, 5.74) is 1.17. The molecule has 0 spiro atoms. The fraction of sp³-hybridized carbons (Fsp3) is 0.667. The fourth-order valence-electron chi connectivity index (χ4n) is 2.85. The van der Waals surface area contributed by atoms with Crippen molar-refractivity contribution < 1.29 is 0 Å². The van der Waals surface area contributed by atoms with Crippen molar-refractivity contribution in [1.82, 2.24) is 15.5 Å². The van der Waals surface area contributed by atoms with Crippen molar-refractivity contribution in [2.45, 2.75) is 53.0 Å². The van der Waals surface area contributed by atoms with E-state index >= 15 is 0 Å². The van der Waals surface area contributed by atoms with Crippen LogP contribution in [0.4, 0.5) is 5.69 Å². The third-order valence-corrected chi connectivity index (χ3v) is 4.44. The van der Waals surface area contributed by atoms with Gasteiger partial charge in [0.1, 0.15) is 0 Å². The van der Waals surface area contributed by atoms with Crippen LogP contribution in [0.1, 0.15) is 47.0 Å². The van der Waals surface area contributed by atoms with Gasteiger partial charge in [-0.3, -0.25) is 4.99 Å². The Morgan fingerprint density at radius 2 is 1.78 bits per heavy atom. The molecule has 156 valence electrons. The summed E-state index contributed by atoms with van der Waals surface area (Å²) in [5.74, 6) is 0.933. The number of aliphatic imine (C=N–C) groups is 1. The molecule has 0 saturated carbocycles. The second-order valence-electron chi connectivity index (χ2n) is 6.62. The number of benzene rings is 1. The summed E-state index contributed by atoms with van der Waals surface area (Å²) < 4.78 is 0. The highest BCUT2D eigenvalue weighted by molar-refractivity contribution is 14.0. The summed E-state index contributed by atoms with van der Waals surface area (Å²) >= 11 is 0. The van der Waals surface area contributed by atoms with E-state index in [0.29, 0.717) is 6.04 Å². The van der Waals surface area contributed by atoms with Gasteiger partial charge in [-0.1, -0.05) is 32.0 Å². The van der Waals surface area contributed by atoms with Crippen LogP contribution in [0.25, 0.3) is 0 Å². The molecule has 27 heavy (non-hydrogen) atoms. The van der Waals surface area contributed by atoms with E-state index in [1.807, 2.05) is 6.07 Å². The highest BCUT2D eigenvalue weighted by Gasteiger charge is 2.06. The van der Waals surface area contributed by atoms with Crippen LogP contribution < -0.4 is 16.0 Å². The van der Waals surface area contributed by atoms with E-state index in [0.717, 1.165) is 51.5 Å². The Morgan fingerprint density at radius 3 is 2.41 bits per heavy atom. The van der Waals surface area contributed by atoms with Crippen molar-refractivity contribution >= 4 is 35.6 Å².